The normalized spacial score (nSPS) is 13.2. The number of imide groups is 1. The van der Waals surface area contributed by atoms with Crippen LogP contribution in [0.5, 0.6) is 0 Å². The van der Waals surface area contributed by atoms with E-state index in [9.17, 15) is 23.8 Å². The minimum atomic E-state index is -5.01. The van der Waals surface area contributed by atoms with E-state index in [-0.39, 0.29) is 25.2 Å². The van der Waals surface area contributed by atoms with Crippen molar-refractivity contribution >= 4 is 31.5 Å². The Morgan fingerprint density at radius 1 is 0.649 bits per heavy atom. The fraction of sp³-hybridized carbons (Fsp3) is 0.818. The lowest BCUT2D eigenvalue weighted by Gasteiger charge is -2.26. The number of hydrogen-bond donors (Lipinski definition) is 5. The van der Waals surface area contributed by atoms with E-state index >= 15 is 0 Å². The molecule has 1 unspecified atom stereocenters. The Hall–Kier alpha value is -2.53. The molecular formula is C44H84N5O7P. The molecule has 0 aromatic heterocycles. The molecule has 0 aromatic carbocycles. The summed E-state index contributed by atoms with van der Waals surface area (Å²) in [5.74, 6) is -2.41. The van der Waals surface area contributed by atoms with Crippen molar-refractivity contribution in [3.8, 4) is 0 Å². The lowest BCUT2D eigenvalue weighted by atomic mass is 10.1. The molecule has 0 heterocycles. The molecule has 0 aromatic rings. The maximum Gasteiger partial charge on any atom is 0.458 e. The van der Waals surface area contributed by atoms with E-state index in [4.69, 9.17) is 20.5 Å². The van der Waals surface area contributed by atoms with Crippen molar-refractivity contribution in [1.82, 2.24) is 15.5 Å². The number of unbranched alkanes of at least 4 members (excludes halogenated alkanes) is 23. The van der Waals surface area contributed by atoms with Crippen molar-refractivity contribution in [2.75, 3.05) is 13.7 Å². The molecule has 13 heteroatoms. The van der Waals surface area contributed by atoms with Crippen LogP contribution in [-0.4, -0.2) is 53.0 Å². The zero-order valence-corrected chi connectivity index (χ0v) is 37.3. The van der Waals surface area contributed by atoms with Gasteiger partial charge in [-0.1, -0.05) is 141 Å². The highest BCUT2D eigenvalue weighted by molar-refractivity contribution is 7.51. The van der Waals surface area contributed by atoms with E-state index in [1.54, 1.807) is 0 Å². The fourth-order valence-electron chi connectivity index (χ4n) is 6.56. The third-order valence-electron chi connectivity index (χ3n) is 10.1. The SMILES string of the molecule is CCCCCCCC/C=C\CCCCCCCC(=O)N(C(=O)CCCCCCC/C=C\CCCCCCCC)P(=O)(O)ON[C@@H](CCCCNC(=N)N)C(=O)OC. The molecule has 6 N–H and O–H groups in total. The second-order valence-corrected chi connectivity index (χ2v) is 16.9. The molecule has 0 bridgehead atoms. The van der Waals surface area contributed by atoms with E-state index in [2.05, 4.69) is 48.9 Å². The molecule has 2 amide bonds. The van der Waals surface area contributed by atoms with Crippen molar-refractivity contribution in [1.29, 1.82) is 5.41 Å². The third kappa shape index (κ3) is 33.0. The zero-order chi connectivity index (χ0) is 42.2. The Bertz CT molecular complexity index is 1080. The summed E-state index contributed by atoms with van der Waals surface area (Å²) in [6.45, 7) is 4.88. The number of hydroxylamine groups is 1. The molecule has 0 radical (unpaired) electrons. The number of hydrogen-bond acceptors (Lipinski definition) is 8. The van der Waals surface area contributed by atoms with Crippen molar-refractivity contribution in [2.24, 2.45) is 5.73 Å². The van der Waals surface area contributed by atoms with Crippen LogP contribution in [0.4, 0.5) is 0 Å². The number of methoxy groups -OCH3 is 1. The zero-order valence-electron chi connectivity index (χ0n) is 36.4. The molecule has 57 heavy (non-hydrogen) atoms. The third-order valence-corrected chi connectivity index (χ3v) is 11.4. The standard InChI is InChI=1S/C44H84N5O7P/c1-4-6-8-10-12-14-16-18-20-22-24-26-28-30-32-37-41(50)49(57(53,54)56-48-40(43(52)55-3)36-34-35-39-47-44(45)46)42(51)38-33-31-29-27-25-23-21-19-17-15-13-11-9-7-5-2/h18-21,40,48H,4-17,22-39H2,1-3H3,(H,53,54)(H4,45,46,47)/b20-18-,21-19-/t40-/m0/s1. The first-order valence-corrected chi connectivity index (χ1v) is 24.2. The van der Waals surface area contributed by atoms with Gasteiger partial charge in [0.15, 0.2) is 5.96 Å². The van der Waals surface area contributed by atoms with Crippen molar-refractivity contribution in [3.05, 3.63) is 24.3 Å². The summed E-state index contributed by atoms with van der Waals surface area (Å²) in [6, 6.07) is -1.12. The van der Waals surface area contributed by atoms with E-state index in [1.165, 1.54) is 84.2 Å². The molecule has 0 saturated heterocycles. The van der Waals surface area contributed by atoms with E-state index < -0.39 is 31.6 Å². The number of rotatable bonds is 40. The van der Waals surface area contributed by atoms with E-state index in [1.807, 2.05) is 0 Å². The van der Waals surface area contributed by atoms with Gasteiger partial charge in [0.25, 0.3) is 0 Å². The summed E-state index contributed by atoms with van der Waals surface area (Å²) < 4.78 is 23.9. The number of carbonyl (C=O) groups is 3. The smallest absolute Gasteiger partial charge is 0.458 e. The number of ether oxygens (including phenoxy) is 1. The monoisotopic (exact) mass is 826 g/mol. The Balaban J connectivity index is 4.95. The van der Waals surface area contributed by atoms with Gasteiger partial charge < -0.3 is 20.7 Å². The number of nitrogens with one attached hydrogen (secondary N) is 3. The minimum Gasteiger partial charge on any atom is -0.468 e. The number of guanidine groups is 1. The predicted molar refractivity (Wildman–Crippen MR) is 234 cm³/mol. The van der Waals surface area contributed by atoms with Crippen molar-refractivity contribution in [3.63, 3.8) is 0 Å². The van der Waals surface area contributed by atoms with Crippen LogP contribution in [0.25, 0.3) is 0 Å². The lowest BCUT2D eigenvalue weighted by Crippen LogP contribution is -2.41. The first kappa shape index (κ1) is 54.5. The van der Waals surface area contributed by atoms with Crippen LogP contribution >= 0.6 is 7.75 Å². The molecule has 12 nitrogen and oxygen atoms in total. The van der Waals surface area contributed by atoms with Crippen molar-refractivity contribution in [2.45, 2.75) is 219 Å². The van der Waals surface area contributed by atoms with Gasteiger partial charge in [-0.25, -0.2) is 9.19 Å². The Labute approximate surface area is 347 Å². The molecule has 0 fully saturated rings. The molecule has 0 rings (SSSR count). The highest BCUT2D eigenvalue weighted by Crippen LogP contribution is 2.47. The first-order chi connectivity index (χ1) is 27.6. The van der Waals surface area contributed by atoms with Gasteiger partial charge in [-0.3, -0.25) is 19.8 Å². The second-order valence-electron chi connectivity index (χ2n) is 15.4. The van der Waals surface area contributed by atoms with Crippen LogP contribution < -0.4 is 16.5 Å². The largest absolute Gasteiger partial charge is 0.468 e. The van der Waals surface area contributed by atoms with E-state index in [0.717, 1.165) is 77.0 Å². The van der Waals surface area contributed by atoms with Crippen molar-refractivity contribution < 1.29 is 33.2 Å². The molecule has 0 spiro atoms. The molecule has 0 aliphatic rings. The topological polar surface area (TPSA) is 184 Å². The maximum atomic E-state index is 13.5. The van der Waals surface area contributed by atoms with Crippen LogP contribution in [0.2, 0.25) is 0 Å². The lowest BCUT2D eigenvalue weighted by molar-refractivity contribution is -0.146. The number of esters is 1. The average molecular weight is 826 g/mol. The van der Waals surface area contributed by atoms with Crippen LogP contribution in [0.15, 0.2) is 24.3 Å². The quantitative estimate of drug-likeness (QED) is 0.00757. The van der Waals surface area contributed by atoms with E-state index in [0.29, 0.717) is 36.9 Å². The van der Waals surface area contributed by atoms with Gasteiger partial charge in [0.05, 0.1) is 7.11 Å². The first-order valence-electron chi connectivity index (χ1n) is 22.7. The van der Waals surface area contributed by atoms with Gasteiger partial charge in [-0.2, -0.15) is 10.2 Å². The molecule has 0 aliphatic heterocycles. The van der Waals surface area contributed by atoms with Gasteiger partial charge in [0, 0.05) is 19.4 Å². The van der Waals surface area contributed by atoms with Gasteiger partial charge >= 0.3 is 13.7 Å². The average Bonchev–Trinajstić information content (AvgIpc) is 3.18. The van der Waals surface area contributed by atoms with Crippen LogP contribution in [0.1, 0.15) is 213 Å². The Morgan fingerprint density at radius 2 is 1.04 bits per heavy atom. The summed E-state index contributed by atoms with van der Waals surface area (Å²) in [4.78, 5) is 50.2. The number of allylic oxidation sites excluding steroid dienone is 4. The number of amides is 2. The molecular weight excluding hydrogens is 741 g/mol. The number of nitrogens with two attached hydrogens (primary N) is 1. The van der Waals surface area contributed by atoms with Gasteiger partial charge in [-0.05, 0) is 83.5 Å². The summed E-state index contributed by atoms with van der Waals surface area (Å²) >= 11 is 0. The number of nitrogens with zero attached hydrogens (tertiary/aromatic N) is 1. The van der Waals surface area contributed by atoms with Crippen LogP contribution in [0, 0.1) is 5.41 Å². The van der Waals surface area contributed by atoms with Gasteiger partial charge in [0.1, 0.15) is 6.04 Å². The minimum absolute atomic E-state index is 0.0617. The summed E-state index contributed by atoms with van der Waals surface area (Å²) in [5.41, 5.74) is 7.62. The fourth-order valence-corrected chi connectivity index (χ4v) is 7.67. The molecule has 0 saturated carbocycles. The number of carbonyl (C=O) groups excluding carboxylic acids is 3. The van der Waals surface area contributed by atoms with Gasteiger partial charge in [0.2, 0.25) is 11.8 Å². The van der Waals surface area contributed by atoms with Crippen LogP contribution in [0.3, 0.4) is 0 Å². The highest BCUT2D eigenvalue weighted by Gasteiger charge is 2.40. The molecule has 0 aliphatic carbocycles. The highest BCUT2D eigenvalue weighted by atomic mass is 31.2. The summed E-state index contributed by atoms with van der Waals surface area (Å²) in [6.07, 6.45) is 38.7. The van der Waals surface area contributed by atoms with Gasteiger partial charge in [-0.15, -0.1) is 0 Å². The molecule has 2 atom stereocenters. The predicted octanol–water partition coefficient (Wildman–Crippen LogP) is 11.2. The summed E-state index contributed by atoms with van der Waals surface area (Å²) in [7, 11) is -3.82. The maximum absolute atomic E-state index is 13.5. The van der Waals surface area contributed by atoms with Crippen LogP contribution in [-0.2, 0) is 28.3 Å². The Morgan fingerprint density at radius 3 is 1.42 bits per heavy atom. The summed E-state index contributed by atoms with van der Waals surface area (Å²) in [5, 5.41) is 9.93. The Kier molecular flexibility index (Phi) is 37.2. The molecule has 332 valence electrons. The second kappa shape index (κ2) is 39.0.